The van der Waals surface area contributed by atoms with Gasteiger partial charge in [-0.05, 0) is 5.30 Å². The number of rotatable bonds is 1. The van der Waals surface area contributed by atoms with Crippen LogP contribution in [0.1, 0.15) is 0 Å². The molecule has 0 fully saturated rings. The van der Waals surface area contributed by atoms with Crippen LogP contribution in [0.3, 0.4) is 0 Å². The summed E-state index contributed by atoms with van der Waals surface area (Å²) in [6, 6.07) is 8.35. The van der Waals surface area contributed by atoms with E-state index >= 15 is 0 Å². The van der Waals surface area contributed by atoms with E-state index in [0.717, 1.165) is 0 Å². The molecule has 0 saturated carbocycles. The predicted molar refractivity (Wildman–Crippen MR) is 35.1 cm³/mol. The van der Waals surface area contributed by atoms with Crippen molar-refractivity contribution < 1.29 is 31.8 Å². The summed E-state index contributed by atoms with van der Waals surface area (Å²) in [7, 11) is -2.71. The molecular formula is C6H6AgO2P. The molecule has 0 radical (unpaired) electrons. The molecule has 0 spiro atoms. The minimum atomic E-state index is -2.71. The quantitative estimate of drug-likeness (QED) is 0.524. The van der Waals surface area contributed by atoms with Crippen LogP contribution in [0.2, 0.25) is 0 Å². The molecule has 4 heteroatoms. The van der Waals surface area contributed by atoms with Gasteiger partial charge >= 0.3 is 22.4 Å². The molecule has 1 unspecified atom stereocenters. The molecule has 10 heavy (non-hydrogen) atoms. The summed E-state index contributed by atoms with van der Waals surface area (Å²) in [5.41, 5.74) is 0. The maximum Gasteiger partial charge on any atom is 1.00 e. The maximum absolute atomic E-state index is 10.3. The number of benzene rings is 1. The van der Waals surface area contributed by atoms with Gasteiger partial charge in [0.2, 0.25) is 0 Å². The molecule has 0 aliphatic rings. The molecule has 2 nitrogen and oxygen atoms in total. The summed E-state index contributed by atoms with van der Waals surface area (Å²) in [6.45, 7) is 0. The molecule has 0 saturated heterocycles. The SMILES string of the molecule is O=[PH]([O-])c1ccccc1.[Ag+]. The van der Waals surface area contributed by atoms with E-state index in [1.165, 1.54) is 0 Å². The second-order valence-electron chi connectivity index (χ2n) is 1.65. The molecule has 1 aromatic rings. The number of hydrogen-bond acceptors (Lipinski definition) is 2. The smallest absolute Gasteiger partial charge is 0.798 e. The Morgan fingerprint density at radius 3 is 2.00 bits per heavy atom. The van der Waals surface area contributed by atoms with E-state index in [4.69, 9.17) is 0 Å². The van der Waals surface area contributed by atoms with Gasteiger partial charge in [-0.15, -0.1) is 0 Å². The Labute approximate surface area is 75.7 Å². The van der Waals surface area contributed by atoms with E-state index in [0.29, 0.717) is 5.30 Å². The monoisotopic (exact) mass is 248 g/mol. The fourth-order valence-corrected chi connectivity index (χ4v) is 1.04. The molecule has 0 aromatic heterocycles. The van der Waals surface area contributed by atoms with E-state index in [1.54, 1.807) is 30.3 Å². The van der Waals surface area contributed by atoms with Crippen LogP contribution in [-0.4, -0.2) is 0 Å². The summed E-state index contributed by atoms with van der Waals surface area (Å²) in [5, 5.41) is 0.405. The first-order chi connectivity index (χ1) is 4.30. The van der Waals surface area contributed by atoms with E-state index < -0.39 is 8.03 Å². The van der Waals surface area contributed by atoms with Crippen molar-refractivity contribution in [3.05, 3.63) is 30.3 Å². The van der Waals surface area contributed by atoms with E-state index in [-0.39, 0.29) is 22.4 Å². The van der Waals surface area contributed by atoms with Crippen molar-refractivity contribution in [2.75, 3.05) is 0 Å². The van der Waals surface area contributed by atoms with Crippen LogP contribution < -0.4 is 10.2 Å². The Hall–Kier alpha value is 0.150. The zero-order valence-corrected chi connectivity index (χ0v) is 7.49. The van der Waals surface area contributed by atoms with E-state index in [2.05, 4.69) is 0 Å². The Balaban J connectivity index is 0.000000810. The molecule has 0 amide bonds. The summed E-state index contributed by atoms with van der Waals surface area (Å²) < 4.78 is 10.3. The Kier molecular flexibility index (Phi) is 4.96. The summed E-state index contributed by atoms with van der Waals surface area (Å²) in [4.78, 5) is 10.3. The van der Waals surface area contributed by atoms with Gasteiger partial charge in [-0.3, -0.25) is 0 Å². The standard InChI is InChI=1S/C6H7O2P.Ag/c7-9(8)6-4-2-1-3-5-6;/h1-5,9H,(H,7,8);/q;+1/p-1. The van der Waals surface area contributed by atoms with Crippen molar-refractivity contribution in [2.24, 2.45) is 0 Å². The molecule has 1 rings (SSSR count). The summed E-state index contributed by atoms with van der Waals surface area (Å²) in [6.07, 6.45) is 0. The average molecular weight is 249 g/mol. The van der Waals surface area contributed by atoms with Crippen LogP contribution in [0.4, 0.5) is 0 Å². The second kappa shape index (κ2) is 4.89. The normalized spacial score (nSPS) is 11.7. The van der Waals surface area contributed by atoms with Crippen molar-refractivity contribution in [3.8, 4) is 0 Å². The molecule has 1 atom stereocenters. The van der Waals surface area contributed by atoms with Crippen molar-refractivity contribution in [1.29, 1.82) is 0 Å². The van der Waals surface area contributed by atoms with Gasteiger partial charge in [0.25, 0.3) is 0 Å². The van der Waals surface area contributed by atoms with E-state index in [9.17, 15) is 9.46 Å². The van der Waals surface area contributed by atoms with Gasteiger partial charge in [-0.2, -0.15) is 0 Å². The molecular weight excluding hydrogens is 243 g/mol. The Morgan fingerprint density at radius 2 is 1.70 bits per heavy atom. The third-order valence-electron chi connectivity index (χ3n) is 1.01. The number of hydrogen-bond donors (Lipinski definition) is 0. The zero-order valence-electron chi connectivity index (χ0n) is 5.00. The fourth-order valence-electron chi connectivity index (χ4n) is 0.574. The average Bonchev–Trinajstić information content (AvgIpc) is 1.90. The third kappa shape index (κ3) is 2.82. The Bertz CT molecular complexity index is 212. The van der Waals surface area contributed by atoms with Crippen LogP contribution in [-0.2, 0) is 26.9 Å². The van der Waals surface area contributed by atoms with Gasteiger partial charge in [0.15, 0.2) is 0 Å². The predicted octanol–water partition coefficient (Wildman–Crippen LogP) is 0.144. The van der Waals surface area contributed by atoms with Gasteiger partial charge in [-0.1, -0.05) is 30.3 Å². The van der Waals surface area contributed by atoms with Gasteiger partial charge in [-0.25, -0.2) is 0 Å². The van der Waals surface area contributed by atoms with Crippen LogP contribution in [0, 0.1) is 0 Å². The first kappa shape index (κ1) is 10.2. The second-order valence-corrected chi connectivity index (χ2v) is 2.81. The molecule has 58 valence electrons. The van der Waals surface area contributed by atoms with Gasteiger partial charge in [0, 0.05) is 8.03 Å². The van der Waals surface area contributed by atoms with Crippen LogP contribution in [0.5, 0.6) is 0 Å². The van der Waals surface area contributed by atoms with Crippen molar-refractivity contribution in [2.45, 2.75) is 0 Å². The maximum atomic E-state index is 10.3. The van der Waals surface area contributed by atoms with Crippen molar-refractivity contribution >= 4 is 13.3 Å². The first-order valence-electron chi connectivity index (χ1n) is 2.57. The van der Waals surface area contributed by atoms with Crippen molar-refractivity contribution in [3.63, 3.8) is 0 Å². The van der Waals surface area contributed by atoms with Gasteiger partial charge < -0.3 is 9.46 Å². The molecule has 0 aliphatic carbocycles. The summed E-state index contributed by atoms with van der Waals surface area (Å²) >= 11 is 0. The van der Waals surface area contributed by atoms with Gasteiger partial charge in [0.05, 0.1) is 0 Å². The van der Waals surface area contributed by atoms with Crippen molar-refractivity contribution in [1.82, 2.24) is 0 Å². The molecule has 0 aliphatic heterocycles. The zero-order chi connectivity index (χ0) is 6.69. The molecule has 1 aromatic carbocycles. The van der Waals surface area contributed by atoms with Crippen LogP contribution >= 0.6 is 8.03 Å². The van der Waals surface area contributed by atoms with Gasteiger partial charge in [0.1, 0.15) is 0 Å². The first-order valence-corrected chi connectivity index (χ1v) is 3.89. The van der Waals surface area contributed by atoms with E-state index in [1.807, 2.05) is 0 Å². The van der Waals surface area contributed by atoms with Crippen LogP contribution in [0.15, 0.2) is 30.3 Å². The minimum Gasteiger partial charge on any atom is -0.798 e. The minimum absolute atomic E-state index is 0. The molecule has 0 N–H and O–H groups in total. The third-order valence-corrected chi connectivity index (χ3v) is 1.81. The summed E-state index contributed by atoms with van der Waals surface area (Å²) in [5.74, 6) is 0. The van der Waals surface area contributed by atoms with Crippen LogP contribution in [0.25, 0.3) is 0 Å². The largest absolute Gasteiger partial charge is 1.00 e. The fraction of sp³-hybridized carbons (Fsp3) is 0. The molecule has 0 heterocycles. The topological polar surface area (TPSA) is 40.1 Å². The Morgan fingerprint density at radius 1 is 1.20 bits per heavy atom. The molecule has 0 bridgehead atoms.